The van der Waals surface area contributed by atoms with Gasteiger partial charge in [0.2, 0.25) is 0 Å². The van der Waals surface area contributed by atoms with Gasteiger partial charge in [-0.05, 0) is 97.2 Å². The second-order valence-electron chi connectivity index (χ2n) is 25.4. The van der Waals surface area contributed by atoms with E-state index in [1.807, 2.05) is 0 Å². The van der Waals surface area contributed by atoms with Gasteiger partial charge in [-0.25, -0.2) is 0 Å². The Labute approximate surface area is 483 Å². The topological polar surface area (TPSA) is 92.3 Å². The molecule has 12 heteroatoms. The lowest BCUT2D eigenvalue weighted by Crippen LogP contribution is -2.36. The number of benzene rings is 3. The van der Waals surface area contributed by atoms with Crippen LogP contribution in [-0.2, 0) is 28.1 Å². The molecule has 16 bridgehead atoms. The molecule has 10 nitrogen and oxygen atoms in total. The molecule has 3 aromatic rings. The lowest BCUT2D eigenvalue weighted by molar-refractivity contribution is 0.0168. The van der Waals surface area contributed by atoms with Crippen molar-refractivity contribution in [3.8, 4) is 23.0 Å². The van der Waals surface area contributed by atoms with Gasteiger partial charge in [-0.2, -0.15) is 0 Å². The average Bonchev–Trinajstić information content (AvgIpc) is 4.53. The van der Waals surface area contributed by atoms with Gasteiger partial charge in [-0.15, -0.1) is 0 Å². The van der Waals surface area contributed by atoms with Crippen molar-refractivity contribution in [1.82, 2.24) is 0 Å². The van der Waals surface area contributed by atoms with Gasteiger partial charge < -0.3 is 47.0 Å². The van der Waals surface area contributed by atoms with E-state index in [0.29, 0.717) is 26.4 Å². The summed E-state index contributed by atoms with van der Waals surface area (Å²) in [5.74, 6) is 3.22. The third-order valence-corrected chi connectivity index (χ3v) is 19.5. The van der Waals surface area contributed by atoms with Crippen LogP contribution in [-0.4, -0.2) is 65.1 Å². The number of ether oxygens (including phenoxy) is 6. The van der Waals surface area contributed by atoms with Gasteiger partial charge in [0.05, 0.1) is 37.4 Å². The zero-order valence-electron chi connectivity index (χ0n) is 49.6. The van der Waals surface area contributed by atoms with E-state index in [1.54, 1.807) is 0 Å². The summed E-state index contributed by atoms with van der Waals surface area (Å²) in [6.07, 6.45) is 44.4. The van der Waals surface area contributed by atoms with Crippen LogP contribution >= 0.6 is 0 Å². The first-order valence-electron chi connectivity index (χ1n) is 33.5. The lowest BCUT2D eigenvalue weighted by atomic mass is 9.74. The SMILES string of the molecule is Cc1c2c3c(C)c4c1[C@H]1O[C@@H]4[C@@H]4OB(O[C@@H]41)c1c4cccc1OCCCCCCCCCCCCCCCCCCCCOc1cccc(c1B1O[C@@H]5[C@H](O1)[C@@H]2O[C@@H]35)OCCCCCCCCCCCCCCCCCCCCO4. The van der Waals surface area contributed by atoms with Crippen LogP contribution in [0.5, 0.6) is 23.0 Å². The number of fused-ring (bicyclic) bond motifs is 42. The maximum atomic E-state index is 7.11. The highest BCUT2D eigenvalue weighted by molar-refractivity contribution is 6.64. The second-order valence-corrected chi connectivity index (χ2v) is 25.4. The number of hydrogen-bond donors (Lipinski definition) is 0. The molecule has 0 saturated carbocycles. The highest BCUT2D eigenvalue weighted by Crippen LogP contribution is 2.64. The molecule has 438 valence electrons. The highest BCUT2D eigenvalue weighted by atomic mass is 16.7. The Balaban J connectivity index is 0.836. The van der Waals surface area contributed by atoms with Crippen molar-refractivity contribution in [2.75, 3.05) is 26.4 Å². The molecule has 13 rings (SSSR count). The molecule has 4 fully saturated rings. The van der Waals surface area contributed by atoms with Crippen LogP contribution in [0.4, 0.5) is 0 Å². The minimum Gasteiger partial charge on any atom is -0.494 e. The molecule has 0 spiro atoms. The molecule has 0 amide bonds. The van der Waals surface area contributed by atoms with Crippen LogP contribution in [0.25, 0.3) is 0 Å². The van der Waals surface area contributed by atoms with Crippen molar-refractivity contribution < 1.29 is 47.0 Å². The van der Waals surface area contributed by atoms with E-state index >= 15 is 0 Å². The van der Waals surface area contributed by atoms with Crippen LogP contribution in [0.1, 0.15) is 289 Å². The monoisotopic (exact) mass is 1100 g/mol. The fourth-order valence-corrected chi connectivity index (χ4v) is 15.1. The van der Waals surface area contributed by atoms with E-state index in [4.69, 9.17) is 47.0 Å². The van der Waals surface area contributed by atoms with E-state index in [-0.39, 0.29) is 48.8 Å². The Bertz CT molecular complexity index is 2090. The first-order chi connectivity index (χ1) is 39.7. The Morgan fingerprint density at radius 3 is 0.662 bits per heavy atom. The summed E-state index contributed by atoms with van der Waals surface area (Å²) in [5.41, 5.74) is 9.11. The zero-order chi connectivity index (χ0) is 54.3. The molecule has 80 heavy (non-hydrogen) atoms. The van der Waals surface area contributed by atoms with Crippen molar-refractivity contribution in [3.05, 3.63) is 69.8 Å². The first-order valence-corrected chi connectivity index (χ1v) is 33.5. The van der Waals surface area contributed by atoms with Crippen molar-refractivity contribution >= 4 is 25.2 Å². The third-order valence-electron chi connectivity index (χ3n) is 19.5. The Hall–Kier alpha value is -3.25. The standard InChI is InChI=1S/C68H100B2O10/c1-49-55-57-50(2)58-56(49)62-66-68(64(58)76-62)80-70(78-66)60-52-42-40-44-54(60)74-48-38-34-30-26-22-18-14-10-6-5-9-13-17-21-25-29-33-37-47-73-53-43-39-41-51(59(53)69-77-65-61(55)75-63(57)67(65)79-69)71-45-35-31-27-23-19-15-11-7-3-4-8-12-16-20-24-28-32-36-46-72-52/h39-44,61-68H,3-38,45-48H2,1-2H3/t61-,62-,63+,64+,65-,66-,67+,68+. The Morgan fingerprint density at radius 1 is 0.275 bits per heavy atom. The molecule has 0 N–H and O–H groups in total. The predicted molar refractivity (Wildman–Crippen MR) is 320 cm³/mol. The van der Waals surface area contributed by atoms with Gasteiger partial charge in [0.1, 0.15) is 71.8 Å². The van der Waals surface area contributed by atoms with Crippen LogP contribution in [0.3, 0.4) is 0 Å². The molecule has 4 saturated heterocycles. The smallest absolute Gasteiger partial charge is 0.494 e. The molecular formula is C68H100B2O10. The van der Waals surface area contributed by atoms with Gasteiger partial charge in [0.15, 0.2) is 0 Å². The molecule has 10 heterocycles. The largest absolute Gasteiger partial charge is 0.502 e. The molecule has 8 atom stereocenters. The van der Waals surface area contributed by atoms with Gasteiger partial charge in [0.25, 0.3) is 0 Å². The van der Waals surface area contributed by atoms with Crippen molar-refractivity contribution in [3.63, 3.8) is 0 Å². The molecule has 0 aromatic heterocycles. The summed E-state index contributed by atoms with van der Waals surface area (Å²) in [6.45, 7) is 7.17. The number of hydrogen-bond acceptors (Lipinski definition) is 10. The normalized spacial score (nSPS) is 29.7. The lowest BCUT2D eigenvalue weighted by Gasteiger charge is -2.31. The van der Waals surface area contributed by atoms with Crippen LogP contribution in [0, 0.1) is 13.8 Å². The minimum absolute atomic E-state index is 0.263. The third kappa shape index (κ3) is 13.9. The van der Waals surface area contributed by atoms with Crippen LogP contribution in [0.2, 0.25) is 0 Å². The fraction of sp³-hybridized carbons (Fsp3) is 0.735. The molecule has 10 aliphatic rings. The molecule has 0 unspecified atom stereocenters. The maximum Gasteiger partial charge on any atom is 0.502 e. The number of rotatable bonds is 0. The van der Waals surface area contributed by atoms with E-state index in [1.165, 1.54) is 239 Å². The summed E-state index contributed by atoms with van der Waals surface area (Å²) >= 11 is 0. The van der Waals surface area contributed by atoms with Gasteiger partial charge >= 0.3 is 14.2 Å². The Morgan fingerprint density at radius 2 is 0.463 bits per heavy atom. The fourth-order valence-electron chi connectivity index (χ4n) is 15.1. The average molecular weight is 1100 g/mol. The predicted octanol–water partition coefficient (Wildman–Crippen LogP) is 16.5. The molecule has 0 aliphatic carbocycles. The molecular weight excluding hydrogens is 998 g/mol. The minimum atomic E-state index is -0.632. The van der Waals surface area contributed by atoms with Gasteiger partial charge in [-0.1, -0.05) is 218 Å². The van der Waals surface area contributed by atoms with Crippen molar-refractivity contribution in [1.29, 1.82) is 0 Å². The van der Waals surface area contributed by atoms with Gasteiger partial charge in [-0.3, -0.25) is 0 Å². The van der Waals surface area contributed by atoms with Crippen LogP contribution < -0.4 is 29.9 Å². The molecule has 10 aliphatic heterocycles. The highest BCUT2D eigenvalue weighted by Gasteiger charge is 2.65. The zero-order valence-corrected chi connectivity index (χ0v) is 49.6. The summed E-state index contributed by atoms with van der Waals surface area (Å²) in [5, 5.41) is 0. The van der Waals surface area contributed by atoms with Crippen LogP contribution in [0.15, 0.2) is 36.4 Å². The molecule has 3 aromatic carbocycles. The Kier molecular flexibility index (Phi) is 22.0. The second kappa shape index (κ2) is 30.0. The first kappa shape index (κ1) is 58.5. The summed E-state index contributed by atoms with van der Waals surface area (Å²) in [7, 11) is -1.26. The summed E-state index contributed by atoms with van der Waals surface area (Å²) < 4.78 is 69.2. The van der Waals surface area contributed by atoms with Crippen molar-refractivity contribution in [2.45, 2.75) is 294 Å². The molecule has 0 radical (unpaired) electrons. The van der Waals surface area contributed by atoms with Gasteiger partial charge in [0, 0.05) is 0 Å². The van der Waals surface area contributed by atoms with E-state index in [9.17, 15) is 0 Å². The maximum absolute atomic E-state index is 7.11. The van der Waals surface area contributed by atoms with Crippen molar-refractivity contribution in [2.24, 2.45) is 0 Å². The quantitative estimate of drug-likeness (QED) is 0.203. The van der Waals surface area contributed by atoms with E-state index in [0.717, 1.165) is 59.6 Å². The van der Waals surface area contributed by atoms with E-state index in [2.05, 4.69) is 50.2 Å². The summed E-state index contributed by atoms with van der Waals surface area (Å²) in [4.78, 5) is 0. The van der Waals surface area contributed by atoms with E-state index < -0.39 is 14.2 Å². The summed E-state index contributed by atoms with van der Waals surface area (Å²) in [6, 6.07) is 12.5.